The molecule has 16 heavy (non-hydrogen) atoms. The second-order valence-electron chi connectivity index (χ2n) is 3.93. The summed E-state index contributed by atoms with van der Waals surface area (Å²) in [6, 6.07) is 1.85. The molecule has 0 unspecified atom stereocenters. The van der Waals surface area contributed by atoms with Crippen LogP contribution < -0.4 is 5.32 Å². The number of hydrogen-bond donors (Lipinski definition) is 1. The summed E-state index contributed by atoms with van der Waals surface area (Å²) in [4.78, 5) is 4.54. The van der Waals surface area contributed by atoms with Gasteiger partial charge in [-0.15, -0.1) is 11.3 Å². The molecule has 0 amide bonds. The van der Waals surface area contributed by atoms with E-state index < -0.39 is 0 Å². The van der Waals surface area contributed by atoms with Crippen LogP contribution in [0.15, 0.2) is 22.2 Å². The van der Waals surface area contributed by atoms with Crippen molar-refractivity contribution in [3.8, 4) is 0 Å². The molecule has 0 saturated heterocycles. The highest BCUT2D eigenvalue weighted by Gasteiger charge is 2.05. The second kappa shape index (κ2) is 5.23. The van der Waals surface area contributed by atoms with Crippen LogP contribution in [-0.2, 0) is 13.1 Å². The largest absolute Gasteiger partial charge is 0.364 e. The van der Waals surface area contributed by atoms with Crippen LogP contribution in [0.25, 0.3) is 0 Å². The van der Waals surface area contributed by atoms with Gasteiger partial charge in [0.25, 0.3) is 0 Å². The lowest BCUT2D eigenvalue weighted by molar-refractivity contribution is 0.408. The lowest BCUT2D eigenvalue weighted by atomic mass is 10.2. The van der Waals surface area contributed by atoms with Crippen LogP contribution in [0.1, 0.15) is 36.2 Å². The topological polar surface area (TPSA) is 51.0 Å². The SMILES string of the molecule is CC(C)c1nc(CNCc2ccon2)cs1. The first-order chi connectivity index (χ1) is 7.75. The van der Waals surface area contributed by atoms with E-state index in [4.69, 9.17) is 4.52 Å². The zero-order chi connectivity index (χ0) is 11.4. The molecule has 0 bridgehead atoms. The van der Waals surface area contributed by atoms with Gasteiger partial charge in [-0.05, 0) is 0 Å². The molecule has 0 aliphatic heterocycles. The average Bonchev–Trinajstić information content (AvgIpc) is 2.87. The van der Waals surface area contributed by atoms with Gasteiger partial charge in [-0.1, -0.05) is 19.0 Å². The third kappa shape index (κ3) is 2.90. The van der Waals surface area contributed by atoms with Gasteiger partial charge in [0.1, 0.15) is 6.26 Å². The Labute approximate surface area is 98.7 Å². The van der Waals surface area contributed by atoms with E-state index in [1.54, 1.807) is 17.6 Å². The Morgan fingerprint density at radius 2 is 2.19 bits per heavy atom. The number of rotatable bonds is 5. The first-order valence-electron chi connectivity index (χ1n) is 5.30. The van der Waals surface area contributed by atoms with Gasteiger partial charge in [0.2, 0.25) is 0 Å². The van der Waals surface area contributed by atoms with E-state index in [0.29, 0.717) is 12.5 Å². The van der Waals surface area contributed by atoms with Crippen molar-refractivity contribution in [3.05, 3.63) is 34.1 Å². The summed E-state index contributed by atoms with van der Waals surface area (Å²) in [7, 11) is 0. The van der Waals surface area contributed by atoms with Gasteiger partial charge < -0.3 is 9.84 Å². The standard InChI is InChI=1S/C11H15N3OS/c1-8(2)11-13-10(7-16-11)6-12-5-9-3-4-15-14-9/h3-4,7-8,12H,5-6H2,1-2H3. The summed E-state index contributed by atoms with van der Waals surface area (Å²) in [6.45, 7) is 5.80. The van der Waals surface area contributed by atoms with Crippen LogP contribution in [0.3, 0.4) is 0 Å². The fraction of sp³-hybridized carbons (Fsp3) is 0.455. The normalized spacial score (nSPS) is 11.2. The van der Waals surface area contributed by atoms with Crippen molar-refractivity contribution in [2.24, 2.45) is 0 Å². The Hall–Kier alpha value is -1.20. The molecule has 2 aromatic rings. The lowest BCUT2D eigenvalue weighted by Crippen LogP contribution is -2.13. The molecule has 0 spiro atoms. The van der Waals surface area contributed by atoms with Crippen molar-refractivity contribution in [1.82, 2.24) is 15.5 Å². The van der Waals surface area contributed by atoms with Gasteiger partial charge in [-0.3, -0.25) is 0 Å². The van der Waals surface area contributed by atoms with Crippen molar-refractivity contribution in [2.45, 2.75) is 32.9 Å². The minimum Gasteiger partial charge on any atom is -0.364 e. The zero-order valence-corrected chi connectivity index (χ0v) is 10.3. The average molecular weight is 237 g/mol. The molecule has 0 aliphatic rings. The molecule has 0 radical (unpaired) electrons. The molecular formula is C11H15N3OS. The highest BCUT2D eigenvalue weighted by molar-refractivity contribution is 7.09. The Morgan fingerprint density at radius 3 is 2.81 bits per heavy atom. The van der Waals surface area contributed by atoms with Crippen LogP contribution in [0, 0.1) is 0 Å². The van der Waals surface area contributed by atoms with E-state index in [9.17, 15) is 0 Å². The van der Waals surface area contributed by atoms with Gasteiger partial charge in [-0.25, -0.2) is 4.98 Å². The quantitative estimate of drug-likeness (QED) is 0.868. The molecule has 0 atom stereocenters. The van der Waals surface area contributed by atoms with Gasteiger partial charge in [-0.2, -0.15) is 0 Å². The van der Waals surface area contributed by atoms with Gasteiger partial charge in [0, 0.05) is 30.5 Å². The first-order valence-corrected chi connectivity index (χ1v) is 6.18. The number of aromatic nitrogens is 2. The van der Waals surface area contributed by atoms with Crippen LogP contribution in [0.2, 0.25) is 0 Å². The molecule has 86 valence electrons. The molecule has 2 aromatic heterocycles. The fourth-order valence-electron chi connectivity index (χ4n) is 1.32. The minimum absolute atomic E-state index is 0.509. The van der Waals surface area contributed by atoms with Crippen LogP contribution in [0.4, 0.5) is 0 Å². The van der Waals surface area contributed by atoms with Gasteiger partial charge in [0.15, 0.2) is 0 Å². The third-order valence-corrected chi connectivity index (χ3v) is 3.36. The third-order valence-electron chi connectivity index (χ3n) is 2.17. The smallest absolute Gasteiger partial charge is 0.124 e. The molecule has 2 heterocycles. The van der Waals surface area contributed by atoms with E-state index >= 15 is 0 Å². The van der Waals surface area contributed by atoms with E-state index in [-0.39, 0.29) is 0 Å². The van der Waals surface area contributed by atoms with E-state index in [2.05, 4.69) is 34.7 Å². The summed E-state index contributed by atoms with van der Waals surface area (Å²) in [6.07, 6.45) is 1.58. The molecule has 0 saturated carbocycles. The Bertz CT molecular complexity index is 422. The summed E-state index contributed by atoms with van der Waals surface area (Å²) in [5.41, 5.74) is 2.01. The van der Waals surface area contributed by atoms with E-state index in [1.807, 2.05) is 6.07 Å². The maximum Gasteiger partial charge on any atom is 0.124 e. The highest BCUT2D eigenvalue weighted by Crippen LogP contribution is 2.18. The second-order valence-corrected chi connectivity index (χ2v) is 4.82. The van der Waals surface area contributed by atoms with Gasteiger partial charge >= 0.3 is 0 Å². The van der Waals surface area contributed by atoms with Crippen molar-refractivity contribution in [3.63, 3.8) is 0 Å². The molecule has 4 nitrogen and oxygen atoms in total. The van der Waals surface area contributed by atoms with Crippen LogP contribution in [0.5, 0.6) is 0 Å². The number of hydrogen-bond acceptors (Lipinski definition) is 5. The summed E-state index contributed by atoms with van der Waals surface area (Å²) >= 11 is 1.72. The number of nitrogens with zero attached hydrogens (tertiary/aromatic N) is 2. The maximum atomic E-state index is 4.75. The summed E-state index contributed by atoms with van der Waals surface area (Å²) in [5, 5.41) is 10.4. The fourth-order valence-corrected chi connectivity index (χ4v) is 2.15. The van der Waals surface area contributed by atoms with Crippen LogP contribution in [-0.4, -0.2) is 10.1 Å². The molecule has 5 heteroatoms. The predicted octanol–water partition coefficient (Wildman–Crippen LogP) is 2.54. The molecule has 2 rings (SSSR count). The van der Waals surface area contributed by atoms with Crippen molar-refractivity contribution in [1.29, 1.82) is 0 Å². The van der Waals surface area contributed by atoms with Gasteiger partial charge in [0.05, 0.1) is 16.4 Å². The van der Waals surface area contributed by atoms with E-state index in [1.165, 1.54) is 5.01 Å². The summed E-state index contributed by atoms with van der Waals surface area (Å²) < 4.78 is 4.75. The van der Waals surface area contributed by atoms with Crippen molar-refractivity contribution >= 4 is 11.3 Å². The lowest BCUT2D eigenvalue weighted by Gasteiger charge is -1.99. The number of nitrogens with one attached hydrogen (secondary N) is 1. The monoisotopic (exact) mass is 237 g/mol. The van der Waals surface area contributed by atoms with Crippen molar-refractivity contribution in [2.75, 3.05) is 0 Å². The van der Waals surface area contributed by atoms with Crippen molar-refractivity contribution < 1.29 is 4.52 Å². The first kappa shape index (κ1) is 11.3. The molecular weight excluding hydrogens is 222 g/mol. The molecule has 0 aliphatic carbocycles. The maximum absolute atomic E-state index is 4.75. The number of thiazole rings is 1. The molecule has 0 aromatic carbocycles. The minimum atomic E-state index is 0.509. The molecule has 0 fully saturated rings. The molecule has 1 N–H and O–H groups in total. The highest BCUT2D eigenvalue weighted by atomic mass is 32.1. The van der Waals surface area contributed by atoms with E-state index in [0.717, 1.165) is 17.9 Å². The Balaban J connectivity index is 1.81. The van der Waals surface area contributed by atoms with Crippen LogP contribution >= 0.6 is 11.3 Å². The zero-order valence-electron chi connectivity index (χ0n) is 9.43. The Morgan fingerprint density at radius 1 is 1.38 bits per heavy atom. The summed E-state index contributed by atoms with van der Waals surface area (Å²) in [5.74, 6) is 0.509. The Kier molecular flexibility index (Phi) is 3.69. The predicted molar refractivity (Wildman–Crippen MR) is 63.2 cm³/mol.